The van der Waals surface area contributed by atoms with Crippen LogP contribution in [-0.4, -0.2) is 20.6 Å². The maximum atomic E-state index is 4.05. The van der Waals surface area contributed by atoms with Crippen molar-refractivity contribution in [1.82, 2.24) is 20.6 Å². The number of tetrazole rings is 1. The van der Waals surface area contributed by atoms with Gasteiger partial charge in [-0.1, -0.05) is 41.8 Å². The van der Waals surface area contributed by atoms with Gasteiger partial charge in [-0.3, -0.25) is 0 Å². The summed E-state index contributed by atoms with van der Waals surface area (Å²) in [6.07, 6.45) is 4.74. The van der Waals surface area contributed by atoms with Crippen LogP contribution in [0.4, 0.5) is 0 Å². The fourth-order valence-electron chi connectivity index (χ4n) is 1.82. The van der Waals surface area contributed by atoms with Crippen molar-refractivity contribution in [2.45, 2.75) is 32.6 Å². The van der Waals surface area contributed by atoms with E-state index in [0.717, 1.165) is 16.5 Å². The van der Waals surface area contributed by atoms with E-state index in [0.29, 0.717) is 5.82 Å². The zero-order valence-electron chi connectivity index (χ0n) is 9.78. The Bertz CT molecular complexity index is 467. The Hall–Kier alpha value is -1.23. The molecule has 0 amide bonds. The normalized spacial score (nSPS) is 10.7. The first-order chi connectivity index (χ1) is 8.31. The molecule has 4 nitrogen and oxygen atoms in total. The molecule has 0 saturated carbocycles. The van der Waals surface area contributed by atoms with Crippen molar-refractivity contribution >= 4 is 15.9 Å². The van der Waals surface area contributed by atoms with Gasteiger partial charge in [0.1, 0.15) is 0 Å². The summed E-state index contributed by atoms with van der Waals surface area (Å²) in [6.45, 7) is 2.21. The largest absolute Gasteiger partial charge is 0.204 e. The first kappa shape index (κ1) is 12.2. The molecule has 0 atom stereocenters. The number of aryl methyl sites for hydroxylation is 1. The van der Waals surface area contributed by atoms with Crippen LogP contribution in [0.3, 0.4) is 0 Å². The van der Waals surface area contributed by atoms with Crippen LogP contribution >= 0.6 is 15.9 Å². The predicted octanol–water partition coefficient (Wildman–Crippen LogP) is 3.36. The van der Waals surface area contributed by atoms with E-state index in [1.807, 2.05) is 6.07 Å². The van der Waals surface area contributed by atoms with Crippen LogP contribution in [0.2, 0.25) is 0 Å². The van der Waals surface area contributed by atoms with Gasteiger partial charge in [-0.2, -0.15) is 5.21 Å². The van der Waals surface area contributed by atoms with Crippen LogP contribution in [0.1, 0.15) is 31.7 Å². The Kier molecular flexibility index (Phi) is 4.25. The lowest BCUT2D eigenvalue weighted by atomic mass is 10.0. The molecule has 17 heavy (non-hydrogen) atoms. The fraction of sp³-hybridized carbons (Fsp3) is 0.417. The van der Waals surface area contributed by atoms with Gasteiger partial charge in [0, 0.05) is 10.0 Å². The number of aromatic amines is 1. The molecular weight excluding hydrogens is 280 g/mol. The van der Waals surface area contributed by atoms with Crippen LogP contribution in [0, 0.1) is 0 Å². The van der Waals surface area contributed by atoms with E-state index in [2.05, 4.69) is 55.6 Å². The molecule has 5 heteroatoms. The Morgan fingerprint density at radius 3 is 2.88 bits per heavy atom. The summed E-state index contributed by atoms with van der Waals surface area (Å²) in [7, 11) is 0. The summed E-state index contributed by atoms with van der Waals surface area (Å²) in [5, 5.41) is 14.2. The van der Waals surface area contributed by atoms with Gasteiger partial charge < -0.3 is 0 Å². The van der Waals surface area contributed by atoms with Crippen molar-refractivity contribution in [3.05, 3.63) is 28.2 Å². The number of hydrogen-bond donors (Lipinski definition) is 1. The lowest BCUT2D eigenvalue weighted by Gasteiger charge is -2.06. The lowest BCUT2D eigenvalue weighted by molar-refractivity contribution is 0.717. The summed E-state index contributed by atoms with van der Waals surface area (Å²) in [5.74, 6) is 0.665. The topological polar surface area (TPSA) is 54.5 Å². The first-order valence-electron chi connectivity index (χ1n) is 5.83. The third kappa shape index (κ3) is 3.12. The molecule has 1 N–H and O–H groups in total. The predicted molar refractivity (Wildman–Crippen MR) is 70.5 cm³/mol. The summed E-state index contributed by atoms with van der Waals surface area (Å²) in [5.41, 5.74) is 2.34. The van der Waals surface area contributed by atoms with Gasteiger partial charge in [-0.05, 0) is 35.8 Å². The molecule has 0 fully saturated rings. The van der Waals surface area contributed by atoms with Crippen LogP contribution < -0.4 is 0 Å². The monoisotopic (exact) mass is 294 g/mol. The summed E-state index contributed by atoms with van der Waals surface area (Å²) in [6, 6.07) is 6.24. The molecule has 2 aromatic rings. The number of unbranched alkanes of at least 4 members (excludes halogenated alkanes) is 2. The van der Waals surface area contributed by atoms with Crippen LogP contribution in [0.15, 0.2) is 22.7 Å². The number of aromatic nitrogens is 4. The summed E-state index contributed by atoms with van der Waals surface area (Å²) < 4.78 is 1.04. The second-order valence-corrected chi connectivity index (χ2v) is 4.91. The highest BCUT2D eigenvalue weighted by Crippen LogP contribution is 2.25. The minimum Gasteiger partial charge on any atom is -0.177 e. The Morgan fingerprint density at radius 1 is 1.29 bits per heavy atom. The molecule has 0 saturated heterocycles. The number of hydrogen-bond acceptors (Lipinski definition) is 3. The zero-order chi connectivity index (χ0) is 12.1. The lowest BCUT2D eigenvalue weighted by Crippen LogP contribution is -1.92. The van der Waals surface area contributed by atoms with Crippen LogP contribution in [-0.2, 0) is 6.42 Å². The van der Waals surface area contributed by atoms with Gasteiger partial charge in [0.25, 0.3) is 0 Å². The molecule has 1 heterocycles. The second-order valence-electron chi connectivity index (χ2n) is 3.99. The molecule has 0 aliphatic carbocycles. The fourth-order valence-corrected chi connectivity index (χ4v) is 2.18. The van der Waals surface area contributed by atoms with Crippen molar-refractivity contribution in [2.75, 3.05) is 0 Å². The minimum absolute atomic E-state index is 0.665. The van der Waals surface area contributed by atoms with E-state index in [-0.39, 0.29) is 0 Å². The third-order valence-corrected chi connectivity index (χ3v) is 3.20. The number of H-pyrrole nitrogens is 1. The number of nitrogens with zero attached hydrogens (tertiary/aromatic N) is 3. The second kappa shape index (κ2) is 5.91. The molecule has 1 aromatic carbocycles. The van der Waals surface area contributed by atoms with E-state index in [9.17, 15) is 0 Å². The average molecular weight is 295 g/mol. The molecule has 0 radical (unpaired) electrons. The molecule has 0 unspecified atom stereocenters. The van der Waals surface area contributed by atoms with E-state index < -0.39 is 0 Å². The molecule has 2 rings (SSSR count). The van der Waals surface area contributed by atoms with E-state index in [4.69, 9.17) is 0 Å². The van der Waals surface area contributed by atoms with Crippen molar-refractivity contribution in [1.29, 1.82) is 0 Å². The van der Waals surface area contributed by atoms with Gasteiger partial charge in [0.15, 0.2) is 0 Å². The van der Waals surface area contributed by atoms with E-state index >= 15 is 0 Å². The average Bonchev–Trinajstić information content (AvgIpc) is 2.85. The number of nitrogens with one attached hydrogen (secondary N) is 1. The van der Waals surface area contributed by atoms with E-state index in [1.165, 1.54) is 24.8 Å². The van der Waals surface area contributed by atoms with Crippen molar-refractivity contribution in [2.24, 2.45) is 0 Å². The SMILES string of the molecule is CCCCCc1ccc(Br)cc1-c1nn[nH]n1. The van der Waals surface area contributed by atoms with Gasteiger partial charge in [-0.25, -0.2) is 0 Å². The molecule has 0 spiro atoms. The van der Waals surface area contributed by atoms with E-state index in [1.54, 1.807) is 0 Å². The zero-order valence-corrected chi connectivity index (χ0v) is 11.4. The molecule has 0 bridgehead atoms. The highest BCUT2D eigenvalue weighted by molar-refractivity contribution is 9.10. The van der Waals surface area contributed by atoms with Gasteiger partial charge in [-0.15, -0.1) is 10.2 Å². The smallest absolute Gasteiger partial charge is 0.177 e. The summed E-state index contributed by atoms with van der Waals surface area (Å²) >= 11 is 3.48. The first-order valence-corrected chi connectivity index (χ1v) is 6.63. The van der Waals surface area contributed by atoms with Gasteiger partial charge >= 0.3 is 0 Å². The highest BCUT2D eigenvalue weighted by atomic mass is 79.9. The number of halogens is 1. The molecule has 1 aromatic heterocycles. The van der Waals surface area contributed by atoms with Crippen molar-refractivity contribution in [3.8, 4) is 11.4 Å². The van der Waals surface area contributed by atoms with Gasteiger partial charge in [0.2, 0.25) is 5.82 Å². The van der Waals surface area contributed by atoms with Crippen molar-refractivity contribution < 1.29 is 0 Å². The molecule has 0 aliphatic heterocycles. The molecule has 90 valence electrons. The van der Waals surface area contributed by atoms with Crippen LogP contribution in [0.5, 0.6) is 0 Å². The van der Waals surface area contributed by atoms with Crippen molar-refractivity contribution in [3.63, 3.8) is 0 Å². The molecular formula is C12H15BrN4. The Labute approximate surface area is 109 Å². The third-order valence-electron chi connectivity index (χ3n) is 2.71. The minimum atomic E-state index is 0.665. The maximum absolute atomic E-state index is 4.05. The highest BCUT2D eigenvalue weighted by Gasteiger charge is 2.09. The quantitative estimate of drug-likeness (QED) is 0.860. The number of benzene rings is 1. The Balaban J connectivity index is 2.25. The van der Waals surface area contributed by atoms with Gasteiger partial charge in [0.05, 0.1) is 0 Å². The maximum Gasteiger partial charge on any atom is 0.204 e. The van der Waals surface area contributed by atoms with Crippen LogP contribution in [0.25, 0.3) is 11.4 Å². The summed E-state index contributed by atoms with van der Waals surface area (Å²) in [4.78, 5) is 0. The standard InChI is InChI=1S/C12H15BrN4/c1-2-3-4-5-9-6-7-10(13)8-11(9)12-14-16-17-15-12/h6-8H,2-5H2,1H3,(H,14,15,16,17). The number of rotatable bonds is 5. The Morgan fingerprint density at radius 2 is 2.18 bits per heavy atom. The molecule has 0 aliphatic rings.